The number of pyridine rings is 1. The molecule has 0 unspecified atom stereocenters. The van der Waals surface area contributed by atoms with Gasteiger partial charge in [-0.2, -0.15) is 0 Å². The summed E-state index contributed by atoms with van der Waals surface area (Å²) in [5.74, 6) is -0.495. The molecular weight excluding hydrogens is 242 g/mol. The van der Waals surface area contributed by atoms with Crippen LogP contribution in [0.25, 0.3) is 10.9 Å². The van der Waals surface area contributed by atoms with Gasteiger partial charge >= 0.3 is 5.97 Å². The molecule has 0 fully saturated rings. The highest BCUT2D eigenvalue weighted by Gasteiger charge is 2.10. The van der Waals surface area contributed by atoms with E-state index in [0.29, 0.717) is 5.56 Å². The lowest BCUT2D eigenvalue weighted by Crippen LogP contribution is -2.17. The summed E-state index contributed by atoms with van der Waals surface area (Å²) >= 11 is 0. The second kappa shape index (κ2) is 5.26. The van der Waals surface area contributed by atoms with Crippen LogP contribution in [0.3, 0.4) is 0 Å². The van der Waals surface area contributed by atoms with Crippen LogP contribution in [-0.4, -0.2) is 11.0 Å². The molecule has 4 heteroatoms. The van der Waals surface area contributed by atoms with Gasteiger partial charge in [0.05, 0.1) is 11.5 Å². The average molecular weight is 259 g/mol. The van der Waals surface area contributed by atoms with Gasteiger partial charge in [0.1, 0.15) is 6.61 Å². The van der Waals surface area contributed by atoms with E-state index < -0.39 is 0 Å². The van der Waals surface area contributed by atoms with Gasteiger partial charge < -0.3 is 9.72 Å². The van der Waals surface area contributed by atoms with Crippen LogP contribution in [0.1, 0.15) is 25.0 Å². The van der Waals surface area contributed by atoms with Crippen molar-refractivity contribution in [2.45, 2.75) is 27.4 Å². The highest BCUT2D eigenvalue weighted by atomic mass is 16.5. The lowest BCUT2D eigenvalue weighted by atomic mass is 10.1. The molecule has 1 heterocycles. The fourth-order valence-corrected chi connectivity index (χ4v) is 1.79. The second-order valence-corrected chi connectivity index (χ2v) is 4.98. The van der Waals surface area contributed by atoms with Crippen molar-refractivity contribution in [1.82, 2.24) is 4.98 Å². The minimum Gasteiger partial charge on any atom is -0.460 e. The monoisotopic (exact) mass is 259 g/mol. The molecule has 0 atom stereocenters. The third-order valence-corrected chi connectivity index (χ3v) is 2.92. The number of hydrogen-bond acceptors (Lipinski definition) is 3. The predicted molar refractivity (Wildman–Crippen MR) is 73.9 cm³/mol. The van der Waals surface area contributed by atoms with Crippen molar-refractivity contribution in [2.24, 2.45) is 5.92 Å². The van der Waals surface area contributed by atoms with Crippen molar-refractivity contribution in [2.75, 3.05) is 0 Å². The fourth-order valence-electron chi connectivity index (χ4n) is 1.79. The number of aromatic amines is 1. The molecule has 0 aliphatic heterocycles. The topological polar surface area (TPSA) is 59.2 Å². The Kier molecular flexibility index (Phi) is 3.69. The highest BCUT2D eigenvalue weighted by Crippen LogP contribution is 2.13. The Bertz CT molecular complexity index is 671. The quantitative estimate of drug-likeness (QED) is 0.862. The van der Waals surface area contributed by atoms with E-state index in [4.69, 9.17) is 4.74 Å². The lowest BCUT2D eigenvalue weighted by molar-refractivity contribution is -0.148. The zero-order valence-electron chi connectivity index (χ0n) is 11.3. The predicted octanol–water partition coefficient (Wildman–Crippen LogP) is 2.54. The molecule has 4 nitrogen and oxygen atoms in total. The molecule has 100 valence electrons. The molecule has 0 aliphatic rings. The van der Waals surface area contributed by atoms with Gasteiger partial charge in [-0.25, -0.2) is 0 Å². The normalized spacial score (nSPS) is 10.9. The number of benzene rings is 1. The van der Waals surface area contributed by atoms with Gasteiger partial charge in [0.2, 0.25) is 0 Å². The number of carbonyl (C=O) groups excluding carboxylic acids is 1. The molecule has 0 spiro atoms. The number of hydrogen-bond donors (Lipinski definition) is 1. The Morgan fingerprint density at radius 1 is 1.32 bits per heavy atom. The number of esters is 1. The molecular formula is C15H17NO3. The lowest BCUT2D eigenvalue weighted by Gasteiger charge is -2.07. The molecule has 0 bridgehead atoms. The summed E-state index contributed by atoms with van der Waals surface area (Å²) in [6, 6.07) is 7.57. The SMILES string of the molecule is Cc1ccc2[nH]c(=O)c(COC(=O)C(C)C)cc2c1. The Hall–Kier alpha value is -2.10. The van der Waals surface area contributed by atoms with Gasteiger partial charge in [-0.15, -0.1) is 0 Å². The fraction of sp³-hybridized carbons (Fsp3) is 0.333. The molecule has 0 radical (unpaired) electrons. The zero-order valence-corrected chi connectivity index (χ0v) is 11.3. The Labute approximate surface area is 111 Å². The maximum Gasteiger partial charge on any atom is 0.308 e. The van der Waals surface area contributed by atoms with E-state index >= 15 is 0 Å². The molecule has 1 aromatic carbocycles. The minimum atomic E-state index is -0.302. The number of rotatable bonds is 3. The first kappa shape index (κ1) is 13.3. The summed E-state index contributed by atoms with van der Waals surface area (Å²) in [6.07, 6.45) is 0. The van der Waals surface area contributed by atoms with E-state index in [1.807, 2.05) is 25.1 Å². The first-order valence-electron chi connectivity index (χ1n) is 6.26. The van der Waals surface area contributed by atoms with Crippen molar-refractivity contribution in [3.63, 3.8) is 0 Å². The van der Waals surface area contributed by atoms with Crippen LogP contribution in [-0.2, 0) is 16.1 Å². The first-order valence-corrected chi connectivity index (χ1v) is 6.26. The average Bonchev–Trinajstić information content (AvgIpc) is 2.36. The molecule has 1 N–H and O–H groups in total. The maximum atomic E-state index is 11.9. The van der Waals surface area contributed by atoms with Gasteiger partial charge in [-0.05, 0) is 30.5 Å². The van der Waals surface area contributed by atoms with Crippen LogP contribution < -0.4 is 5.56 Å². The van der Waals surface area contributed by atoms with E-state index in [2.05, 4.69) is 4.98 Å². The third-order valence-electron chi connectivity index (χ3n) is 2.92. The molecule has 0 saturated heterocycles. The molecule has 0 amide bonds. The first-order chi connectivity index (χ1) is 8.97. The number of ether oxygens (including phenoxy) is 1. The van der Waals surface area contributed by atoms with Gasteiger partial charge in [0.15, 0.2) is 0 Å². The smallest absolute Gasteiger partial charge is 0.308 e. The van der Waals surface area contributed by atoms with E-state index in [1.54, 1.807) is 19.9 Å². The van der Waals surface area contributed by atoms with E-state index in [1.165, 1.54) is 0 Å². The number of fused-ring (bicyclic) bond motifs is 1. The summed E-state index contributed by atoms with van der Waals surface area (Å²) in [5, 5.41) is 0.940. The summed E-state index contributed by atoms with van der Waals surface area (Å²) < 4.78 is 5.09. The van der Waals surface area contributed by atoms with Crippen LogP contribution in [0.2, 0.25) is 0 Å². The highest BCUT2D eigenvalue weighted by molar-refractivity contribution is 5.79. The van der Waals surface area contributed by atoms with E-state index in [-0.39, 0.29) is 24.1 Å². The van der Waals surface area contributed by atoms with Crippen LogP contribution >= 0.6 is 0 Å². The van der Waals surface area contributed by atoms with Crippen molar-refractivity contribution in [1.29, 1.82) is 0 Å². The van der Waals surface area contributed by atoms with Crippen molar-refractivity contribution in [3.8, 4) is 0 Å². The van der Waals surface area contributed by atoms with E-state index in [9.17, 15) is 9.59 Å². The summed E-state index contributed by atoms with van der Waals surface area (Å²) in [7, 11) is 0. The van der Waals surface area contributed by atoms with Crippen LogP contribution in [0.4, 0.5) is 0 Å². The Balaban J connectivity index is 2.30. The summed E-state index contributed by atoms with van der Waals surface area (Å²) in [6.45, 7) is 5.52. The number of aryl methyl sites for hydroxylation is 1. The largest absolute Gasteiger partial charge is 0.460 e. The maximum absolute atomic E-state index is 11.9. The van der Waals surface area contributed by atoms with Crippen molar-refractivity contribution >= 4 is 16.9 Å². The van der Waals surface area contributed by atoms with Crippen LogP contribution in [0, 0.1) is 12.8 Å². The van der Waals surface area contributed by atoms with Gasteiger partial charge in [0.25, 0.3) is 5.56 Å². The number of nitrogens with one attached hydrogen (secondary N) is 1. The summed E-state index contributed by atoms with van der Waals surface area (Å²) in [5.41, 5.74) is 2.15. The number of carbonyl (C=O) groups is 1. The number of H-pyrrole nitrogens is 1. The van der Waals surface area contributed by atoms with E-state index in [0.717, 1.165) is 16.5 Å². The minimum absolute atomic E-state index is 0.0101. The second-order valence-electron chi connectivity index (χ2n) is 4.98. The molecule has 2 aromatic rings. The third kappa shape index (κ3) is 3.02. The molecule has 0 saturated carbocycles. The van der Waals surface area contributed by atoms with Gasteiger partial charge in [0, 0.05) is 5.52 Å². The van der Waals surface area contributed by atoms with Gasteiger partial charge in [-0.3, -0.25) is 9.59 Å². The van der Waals surface area contributed by atoms with Crippen LogP contribution in [0.15, 0.2) is 29.1 Å². The number of aromatic nitrogens is 1. The zero-order chi connectivity index (χ0) is 14.0. The molecule has 0 aliphatic carbocycles. The molecule has 2 rings (SSSR count). The standard InChI is InChI=1S/C15H17NO3/c1-9(2)15(18)19-8-12-7-11-6-10(3)4-5-13(11)16-14(12)17/h4-7,9H,8H2,1-3H3,(H,16,17). The Morgan fingerprint density at radius 3 is 2.74 bits per heavy atom. The Morgan fingerprint density at radius 2 is 2.05 bits per heavy atom. The molecule has 19 heavy (non-hydrogen) atoms. The van der Waals surface area contributed by atoms with Gasteiger partial charge in [-0.1, -0.05) is 25.5 Å². The van der Waals surface area contributed by atoms with Crippen molar-refractivity contribution < 1.29 is 9.53 Å². The van der Waals surface area contributed by atoms with Crippen molar-refractivity contribution in [3.05, 3.63) is 45.7 Å². The van der Waals surface area contributed by atoms with Crippen LogP contribution in [0.5, 0.6) is 0 Å². The summed E-state index contributed by atoms with van der Waals surface area (Å²) in [4.78, 5) is 26.1. The molecule has 1 aromatic heterocycles.